The summed E-state index contributed by atoms with van der Waals surface area (Å²) in [6, 6.07) is 0.351. The number of nitrogens with zero attached hydrogens (tertiary/aromatic N) is 4. The molecule has 5 nitrogen and oxygen atoms in total. The van der Waals surface area contributed by atoms with Crippen molar-refractivity contribution >= 4 is 17.5 Å². The largest absolute Gasteiger partial charge is 0.460 e. The summed E-state index contributed by atoms with van der Waals surface area (Å²) in [5.74, 6) is 0.591. The minimum atomic E-state index is 0.194. The maximum Gasteiger partial charge on any atom is 0.322 e. The predicted molar refractivity (Wildman–Crippen MR) is 71.3 cm³/mol. The Morgan fingerprint density at radius 2 is 1.83 bits per heavy atom. The van der Waals surface area contributed by atoms with Crippen molar-refractivity contribution in [3.8, 4) is 6.01 Å². The Hall–Kier alpha value is -1.10. The van der Waals surface area contributed by atoms with E-state index in [-0.39, 0.29) is 11.4 Å². The molecule has 0 aliphatic heterocycles. The normalized spacial score (nSPS) is 15.9. The zero-order valence-electron chi connectivity index (χ0n) is 10.9. The fraction of sp³-hybridized carbons (Fsp3) is 0.750. The minimum Gasteiger partial charge on any atom is -0.460 e. The van der Waals surface area contributed by atoms with Gasteiger partial charge in [0.1, 0.15) is 6.10 Å². The van der Waals surface area contributed by atoms with Gasteiger partial charge in [-0.2, -0.15) is 15.0 Å². The molecule has 1 aliphatic rings. The van der Waals surface area contributed by atoms with Crippen molar-refractivity contribution in [2.75, 3.05) is 18.0 Å². The van der Waals surface area contributed by atoms with E-state index in [9.17, 15) is 0 Å². The number of hydrogen-bond acceptors (Lipinski definition) is 5. The molecule has 0 amide bonds. The molecular weight excluding hydrogens is 252 g/mol. The van der Waals surface area contributed by atoms with E-state index in [0.29, 0.717) is 12.0 Å². The molecule has 0 saturated heterocycles. The molecule has 0 aromatic carbocycles. The van der Waals surface area contributed by atoms with E-state index in [2.05, 4.69) is 28.8 Å². The molecule has 1 aliphatic carbocycles. The number of anilines is 1. The summed E-state index contributed by atoms with van der Waals surface area (Å²) in [7, 11) is 0. The molecular formula is C12H19ClN4O. The molecule has 0 radical (unpaired) electrons. The summed E-state index contributed by atoms with van der Waals surface area (Å²) < 4.78 is 5.76. The Morgan fingerprint density at radius 1 is 1.17 bits per heavy atom. The van der Waals surface area contributed by atoms with Crippen LogP contribution in [0.1, 0.15) is 39.5 Å². The molecule has 100 valence electrons. The Balaban J connectivity index is 2.14. The van der Waals surface area contributed by atoms with Gasteiger partial charge >= 0.3 is 6.01 Å². The van der Waals surface area contributed by atoms with E-state index in [1.165, 1.54) is 12.8 Å². The third-order valence-electron chi connectivity index (χ3n) is 3.20. The molecule has 1 aromatic heterocycles. The highest BCUT2D eigenvalue weighted by atomic mass is 35.5. The van der Waals surface area contributed by atoms with Gasteiger partial charge in [0.15, 0.2) is 0 Å². The molecule has 0 N–H and O–H groups in total. The van der Waals surface area contributed by atoms with Gasteiger partial charge in [-0.15, -0.1) is 0 Å². The number of hydrogen-bond donors (Lipinski definition) is 0. The number of halogens is 1. The maximum absolute atomic E-state index is 5.92. The maximum atomic E-state index is 5.92. The second-order valence-corrected chi connectivity index (χ2v) is 4.72. The van der Waals surface area contributed by atoms with E-state index in [0.717, 1.165) is 25.9 Å². The SMILES string of the molecule is CCN(CC)c1nc(Cl)nc(OC2CCCC2)n1. The lowest BCUT2D eigenvalue weighted by Crippen LogP contribution is -2.25. The number of ether oxygens (including phenoxy) is 1. The summed E-state index contributed by atoms with van der Waals surface area (Å²) in [6.07, 6.45) is 4.81. The molecule has 0 unspecified atom stereocenters. The monoisotopic (exact) mass is 270 g/mol. The van der Waals surface area contributed by atoms with Crippen LogP contribution in [0.25, 0.3) is 0 Å². The van der Waals surface area contributed by atoms with E-state index >= 15 is 0 Å². The fourth-order valence-electron chi connectivity index (χ4n) is 2.18. The first kappa shape index (κ1) is 13.3. The van der Waals surface area contributed by atoms with Crippen molar-refractivity contribution in [2.24, 2.45) is 0 Å². The minimum absolute atomic E-state index is 0.194. The highest BCUT2D eigenvalue weighted by Crippen LogP contribution is 2.23. The van der Waals surface area contributed by atoms with Crippen LogP contribution in [0.5, 0.6) is 6.01 Å². The number of aromatic nitrogens is 3. The van der Waals surface area contributed by atoms with Crippen LogP contribution >= 0.6 is 11.6 Å². The molecule has 0 spiro atoms. The Bertz CT molecular complexity index is 392. The van der Waals surface area contributed by atoms with Crippen LogP contribution in [0, 0.1) is 0 Å². The third kappa shape index (κ3) is 3.22. The molecule has 0 atom stereocenters. The summed E-state index contributed by atoms with van der Waals surface area (Å²) in [6.45, 7) is 5.77. The molecule has 1 aromatic rings. The van der Waals surface area contributed by atoms with E-state index in [1.807, 2.05) is 4.90 Å². The topological polar surface area (TPSA) is 51.1 Å². The Labute approximate surface area is 113 Å². The lowest BCUT2D eigenvalue weighted by molar-refractivity contribution is 0.192. The quantitative estimate of drug-likeness (QED) is 0.823. The van der Waals surface area contributed by atoms with Gasteiger partial charge in [-0.25, -0.2) is 0 Å². The van der Waals surface area contributed by atoms with Gasteiger partial charge in [0.25, 0.3) is 0 Å². The van der Waals surface area contributed by atoms with Gasteiger partial charge < -0.3 is 9.64 Å². The molecule has 18 heavy (non-hydrogen) atoms. The predicted octanol–water partition coefficient (Wildman–Crippen LogP) is 2.69. The third-order valence-corrected chi connectivity index (χ3v) is 3.37. The van der Waals surface area contributed by atoms with Crippen molar-refractivity contribution in [1.29, 1.82) is 0 Å². The van der Waals surface area contributed by atoms with E-state index in [4.69, 9.17) is 16.3 Å². The Kier molecular flexibility index (Phi) is 4.58. The fourth-order valence-corrected chi connectivity index (χ4v) is 2.33. The second-order valence-electron chi connectivity index (χ2n) is 4.38. The van der Waals surface area contributed by atoms with E-state index in [1.54, 1.807) is 0 Å². The van der Waals surface area contributed by atoms with Crippen molar-refractivity contribution < 1.29 is 4.74 Å². The second kappa shape index (κ2) is 6.18. The van der Waals surface area contributed by atoms with Crippen molar-refractivity contribution in [2.45, 2.75) is 45.6 Å². The molecule has 2 rings (SSSR count). The van der Waals surface area contributed by atoms with Crippen LogP contribution in [0.2, 0.25) is 5.28 Å². The van der Waals surface area contributed by atoms with Crippen LogP contribution in [-0.2, 0) is 0 Å². The van der Waals surface area contributed by atoms with Crippen LogP contribution in [0.4, 0.5) is 5.95 Å². The molecule has 1 heterocycles. The average molecular weight is 271 g/mol. The van der Waals surface area contributed by atoms with Crippen molar-refractivity contribution in [1.82, 2.24) is 15.0 Å². The smallest absolute Gasteiger partial charge is 0.322 e. The van der Waals surface area contributed by atoms with Crippen LogP contribution in [-0.4, -0.2) is 34.1 Å². The Morgan fingerprint density at radius 3 is 2.44 bits per heavy atom. The average Bonchev–Trinajstić information content (AvgIpc) is 2.83. The summed E-state index contributed by atoms with van der Waals surface area (Å²) >= 11 is 5.92. The van der Waals surface area contributed by atoms with Gasteiger partial charge in [-0.3, -0.25) is 0 Å². The highest BCUT2D eigenvalue weighted by Gasteiger charge is 2.19. The van der Waals surface area contributed by atoms with Gasteiger partial charge in [0.05, 0.1) is 0 Å². The molecule has 1 fully saturated rings. The summed E-state index contributed by atoms with van der Waals surface area (Å²) in [5.41, 5.74) is 0. The van der Waals surface area contributed by atoms with Gasteiger partial charge in [0, 0.05) is 13.1 Å². The number of rotatable bonds is 5. The lowest BCUT2D eigenvalue weighted by atomic mass is 10.3. The zero-order chi connectivity index (χ0) is 13.0. The summed E-state index contributed by atoms with van der Waals surface area (Å²) in [5, 5.41) is 0.194. The van der Waals surface area contributed by atoms with E-state index < -0.39 is 0 Å². The lowest BCUT2D eigenvalue weighted by Gasteiger charge is -2.19. The van der Waals surface area contributed by atoms with Gasteiger partial charge in [-0.1, -0.05) is 0 Å². The van der Waals surface area contributed by atoms with Crippen LogP contribution in [0.15, 0.2) is 0 Å². The first-order chi connectivity index (χ1) is 8.72. The standard InChI is InChI=1S/C12H19ClN4O/c1-3-17(4-2)11-14-10(13)15-12(16-11)18-9-7-5-6-8-9/h9H,3-8H2,1-2H3. The van der Waals surface area contributed by atoms with Crippen LogP contribution < -0.4 is 9.64 Å². The zero-order valence-corrected chi connectivity index (χ0v) is 11.7. The summed E-state index contributed by atoms with van der Waals surface area (Å²) in [4.78, 5) is 14.5. The van der Waals surface area contributed by atoms with Crippen molar-refractivity contribution in [3.63, 3.8) is 0 Å². The molecule has 1 saturated carbocycles. The van der Waals surface area contributed by atoms with Crippen molar-refractivity contribution in [3.05, 3.63) is 5.28 Å². The first-order valence-corrected chi connectivity index (χ1v) is 6.94. The molecule has 6 heteroatoms. The van der Waals surface area contributed by atoms with Gasteiger partial charge in [0.2, 0.25) is 11.2 Å². The van der Waals surface area contributed by atoms with Gasteiger partial charge in [-0.05, 0) is 51.1 Å². The highest BCUT2D eigenvalue weighted by molar-refractivity contribution is 6.28. The first-order valence-electron chi connectivity index (χ1n) is 6.56. The van der Waals surface area contributed by atoms with Crippen LogP contribution in [0.3, 0.4) is 0 Å². The molecule has 0 bridgehead atoms.